The fourth-order valence-electron chi connectivity index (χ4n) is 1.12. The first kappa shape index (κ1) is 11.4. The number of hydrogen-bond donors (Lipinski definition) is 2. The molecule has 0 aromatic heterocycles. The summed E-state index contributed by atoms with van der Waals surface area (Å²) in [6.45, 7) is 5.07. The lowest BCUT2D eigenvalue weighted by atomic mass is 10.0. The summed E-state index contributed by atoms with van der Waals surface area (Å²) in [5.41, 5.74) is 0. The van der Waals surface area contributed by atoms with Gasteiger partial charge in [-0.15, -0.1) is 0 Å². The van der Waals surface area contributed by atoms with Crippen molar-refractivity contribution in [1.29, 1.82) is 5.26 Å². The quantitative estimate of drug-likeness (QED) is 0.582. The van der Waals surface area contributed by atoms with E-state index in [1.54, 1.807) is 0 Å². The number of nitrogens with one attached hydrogen (secondary N) is 1. The lowest BCUT2D eigenvalue weighted by Crippen LogP contribution is -2.34. The molecule has 12 heavy (non-hydrogen) atoms. The number of aliphatic hydroxyl groups is 1. The van der Waals surface area contributed by atoms with Crippen LogP contribution in [0.4, 0.5) is 0 Å². The van der Waals surface area contributed by atoms with Gasteiger partial charge in [-0.25, -0.2) is 0 Å². The Labute approximate surface area is 74.4 Å². The SMILES string of the molecule is CC(C)CC(CO)NCCC#N. The third-order valence-electron chi connectivity index (χ3n) is 1.65. The van der Waals surface area contributed by atoms with Crippen LogP contribution in [-0.2, 0) is 0 Å². The average molecular weight is 170 g/mol. The number of hydrogen-bond acceptors (Lipinski definition) is 3. The predicted molar refractivity (Wildman–Crippen MR) is 48.6 cm³/mol. The van der Waals surface area contributed by atoms with Crippen LogP contribution in [0.3, 0.4) is 0 Å². The Morgan fingerprint density at radius 2 is 2.17 bits per heavy atom. The number of nitrogens with zero attached hydrogens (tertiary/aromatic N) is 1. The van der Waals surface area contributed by atoms with Crippen molar-refractivity contribution >= 4 is 0 Å². The second-order valence-corrected chi connectivity index (χ2v) is 3.37. The van der Waals surface area contributed by atoms with Crippen LogP contribution >= 0.6 is 0 Å². The molecule has 0 amide bonds. The third-order valence-corrected chi connectivity index (χ3v) is 1.65. The van der Waals surface area contributed by atoms with Crippen LogP contribution in [-0.4, -0.2) is 24.3 Å². The maximum atomic E-state index is 8.93. The molecule has 0 saturated carbocycles. The zero-order valence-corrected chi connectivity index (χ0v) is 7.88. The van der Waals surface area contributed by atoms with Gasteiger partial charge in [0.05, 0.1) is 12.7 Å². The molecule has 0 fully saturated rings. The number of rotatable bonds is 6. The Morgan fingerprint density at radius 3 is 2.58 bits per heavy atom. The largest absolute Gasteiger partial charge is 0.395 e. The molecule has 0 heterocycles. The zero-order valence-electron chi connectivity index (χ0n) is 7.88. The average Bonchev–Trinajstić information content (AvgIpc) is 2.02. The molecular weight excluding hydrogens is 152 g/mol. The Morgan fingerprint density at radius 1 is 1.50 bits per heavy atom. The minimum atomic E-state index is 0.151. The Bertz CT molecular complexity index is 140. The fraction of sp³-hybridized carbons (Fsp3) is 0.889. The third kappa shape index (κ3) is 6.14. The molecule has 0 radical (unpaired) electrons. The lowest BCUT2D eigenvalue weighted by Gasteiger charge is -2.17. The van der Waals surface area contributed by atoms with Gasteiger partial charge in [0.1, 0.15) is 0 Å². The molecule has 3 nitrogen and oxygen atoms in total. The van der Waals surface area contributed by atoms with Gasteiger partial charge in [-0.05, 0) is 12.3 Å². The topological polar surface area (TPSA) is 56.0 Å². The van der Waals surface area contributed by atoms with E-state index in [-0.39, 0.29) is 12.6 Å². The first-order chi connectivity index (χ1) is 5.70. The molecule has 0 aromatic carbocycles. The molecule has 0 aliphatic heterocycles. The van der Waals surface area contributed by atoms with Crippen LogP contribution in [0.2, 0.25) is 0 Å². The molecule has 70 valence electrons. The lowest BCUT2D eigenvalue weighted by molar-refractivity contribution is 0.225. The van der Waals surface area contributed by atoms with E-state index in [0.29, 0.717) is 18.9 Å². The normalized spacial score (nSPS) is 12.9. The highest BCUT2D eigenvalue weighted by molar-refractivity contribution is 4.74. The second kappa shape index (κ2) is 7.08. The summed E-state index contributed by atoms with van der Waals surface area (Å²) >= 11 is 0. The van der Waals surface area contributed by atoms with Crippen molar-refractivity contribution in [2.75, 3.05) is 13.2 Å². The first-order valence-corrected chi connectivity index (χ1v) is 4.42. The van der Waals surface area contributed by atoms with E-state index in [4.69, 9.17) is 10.4 Å². The van der Waals surface area contributed by atoms with Crippen molar-refractivity contribution in [1.82, 2.24) is 5.32 Å². The van der Waals surface area contributed by atoms with Gasteiger partial charge >= 0.3 is 0 Å². The van der Waals surface area contributed by atoms with Crippen LogP contribution in [0.1, 0.15) is 26.7 Å². The molecule has 3 heteroatoms. The molecule has 2 N–H and O–H groups in total. The summed E-state index contributed by atoms with van der Waals surface area (Å²) in [4.78, 5) is 0. The van der Waals surface area contributed by atoms with Gasteiger partial charge in [0, 0.05) is 19.0 Å². The van der Waals surface area contributed by atoms with Crippen molar-refractivity contribution in [3.05, 3.63) is 0 Å². The minimum absolute atomic E-state index is 0.151. The van der Waals surface area contributed by atoms with Crippen LogP contribution in [0, 0.1) is 17.2 Å². The van der Waals surface area contributed by atoms with Gasteiger partial charge in [-0.1, -0.05) is 13.8 Å². The van der Waals surface area contributed by atoms with Gasteiger partial charge in [0.15, 0.2) is 0 Å². The first-order valence-electron chi connectivity index (χ1n) is 4.42. The Kier molecular flexibility index (Phi) is 6.73. The molecule has 0 saturated heterocycles. The van der Waals surface area contributed by atoms with E-state index in [9.17, 15) is 0 Å². The van der Waals surface area contributed by atoms with Gasteiger partial charge in [0.2, 0.25) is 0 Å². The molecule has 0 aliphatic carbocycles. The van der Waals surface area contributed by atoms with Gasteiger partial charge < -0.3 is 10.4 Å². The van der Waals surface area contributed by atoms with Gasteiger partial charge in [-0.3, -0.25) is 0 Å². The summed E-state index contributed by atoms with van der Waals surface area (Å²) in [6.07, 6.45) is 1.47. The smallest absolute Gasteiger partial charge is 0.0635 e. The Balaban J connectivity index is 3.47. The minimum Gasteiger partial charge on any atom is -0.395 e. The molecule has 1 unspecified atom stereocenters. The van der Waals surface area contributed by atoms with Gasteiger partial charge in [-0.2, -0.15) is 5.26 Å². The predicted octanol–water partition coefficient (Wildman–Crippen LogP) is 0.897. The van der Waals surface area contributed by atoms with E-state index < -0.39 is 0 Å². The highest BCUT2D eigenvalue weighted by Crippen LogP contribution is 2.03. The van der Waals surface area contributed by atoms with Crippen molar-refractivity contribution < 1.29 is 5.11 Å². The summed E-state index contributed by atoms with van der Waals surface area (Å²) in [7, 11) is 0. The standard InChI is InChI=1S/C9H18N2O/c1-8(2)6-9(7-12)11-5-3-4-10/h8-9,11-12H,3,5-7H2,1-2H3. The number of nitriles is 1. The molecule has 0 bridgehead atoms. The van der Waals surface area contributed by atoms with Gasteiger partial charge in [0.25, 0.3) is 0 Å². The molecule has 0 aromatic rings. The number of aliphatic hydroxyl groups excluding tert-OH is 1. The maximum Gasteiger partial charge on any atom is 0.0635 e. The Hall–Kier alpha value is -0.590. The van der Waals surface area contributed by atoms with Crippen LogP contribution in [0.15, 0.2) is 0 Å². The van der Waals surface area contributed by atoms with E-state index in [1.807, 2.05) is 0 Å². The fourth-order valence-corrected chi connectivity index (χ4v) is 1.12. The van der Waals surface area contributed by atoms with Crippen LogP contribution in [0.5, 0.6) is 0 Å². The highest BCUT2D eigenvalue weighted by Gasteiger charge is 2.07. The zero-order chi connectivity index (χ0) is 9.40. The summed E-state index contributed by atoms with van der Waals surface area (Å²) in [6, 6.07) is 2.21. The molecule has 1 atom stereocenters. The molecule has 0 rings (SSSR count). The van der Waals surface area contributed by atoms with E-state index >= 15 is 0 Å². The highest BCUT2D eigenvalue weighted by atomic mass is 16.3. The molecule has 0 spiro atoms. The summed E-state index contributed by atoms with van der Waals surface area (Å²) in [5, 5.41) is 20.3. The van der Waals surface area contributed by atoms with Crippen molar-refractivity contribution in [3.63, 3.8) is 0 Å². The second-order valence-electron chi connectivity index (χ2n) is 3.37. The van der Waals surface area contributed by atoms with E-state index in [1.165, 1.54) is 0 Å². The summed E-state index contributed by atoms with van der Waals surface area (Å²) in [5.74, 6) is 0.580. The van der Waals surface area contributed by atoms with Crippen LogP contribution in [0.25, 0.3) is 0 Å². The van der Waals surface area contributed by atoms with E-state index in [0.717, 1.165) is 6.42 Å². The molecule has 0 aliphatic rings. The maximum absolute atomic E-state index is 8.93. The summed E-state index contributed by atoms with van der Waals surface area (Å²) < 4.78 is 0. The van der Waals surface area contributed by atoms with Crippen molar-refractivity contribution in [3.8, 4) is 6.07 Å². The van der Waals surface area contributed by atoms with Crippen molar-refractivity contribution in [2.24, 2.45) is 5.92 Å². The monoisotopic (exact) mass is 170 g/mol. The van der Waals surface area contributed by atoms with E-state index in [2.05, 4.69) is 25.2 Å². The van der Waals surface area contributed by atoms with Crippen LogP contribution < -0.4 is 5.32 Å². The molecular formula is C9H18N2O. The van der Waals surface area contributed by atoms with Crippen molar-refractivity contribution in [2.45, 2.75) is 32.7 Å².